The Labute approximate surface area is 152 Å². The Kier molecular flexibility index (Phi) is 5.26. The fourth-order valence-electron chi connectivity index (χ4n) is 2.54. The summed E-state index contributed by atoms with van der Waals surface area (Å²) in [5, 5.41) is 7.25. The summed E-state index contributed by atoms with van der Waals surface area (Å²) < 4.78 is 7.54. The van der Waals surface area contributed by atoms with Gasteiger partial charge >= 0.3 is 0 Å². The molecule has 0 unspecified atom stereocenters. The Hall–Kier alpha value is -3.22. The maximum absolute atomic E-state index is 11.6. The van der Waals surface area contributed by atoms with E-state index in [2.05, 4.69) is 20.4 Å². The lowest BCUT2D eigenvalue weighted by molar-refractivity contribution is -0.116. The Morgan fingerprint density at radius 3 is 2.58 bits per heavy atom. The molecule has 0 saturated carbocycles. The van der Waals surface area contributed by atoms with Gasteiger partial charge in [-0.25, -0.2) is 14.6 Å². The molecule has 2 aromatic heterocycles. The lowest BCUT2D eigenvalue weighted by atomic mass is 10.2. The highest BCUT2D eigenvalue weighted by molar-refractivity contribution is 5.90. The first kappa shape index (κ1) is 17.6. The standard InChI is InChI=1S/C19H21N5O2/c1-4-5-18(25)22-15-6-8-16(9-7-15)26-19-11-17(20-12-21-19)24-14(3)10-13(2)23-24/h6-12H,4-5H2,1-3H3,(H,22,25). The Morgan fingerprint density at radius 1 is 1.15 bits per heavy atom. The van der Waals surface area contributed by atoms with E-state index in [4.69, 9.17) is 4.74 Å². The normalized spacial score (nSPS) is 10.6. The fourth-order valence-corrected chi connectivity index (χ4v) is 2.54. The molecule has 134 valence electrons. The molecule has 1 amide bonds. The van der Waals surface area contributed by atoms with Crippen molar-refractivity contribution in [3.8, 4) is 17.4 Å². The number of nitrogens with one attached hydrogen (secondary N) is 1. The topological polar surface area (TPSA) is 81.9 Å². The maximum Gasteiger partial charge on any atom is 0.224 e. The van der Waals surface area contributed by atoms with Crippen LogP contribution >= 0.6 is 0 Å². The first-order valence-corrected chi connectivity index (χ1v) is 8.48. The number of nitrogens with zero attached hydrogens (tertiary/aromatic N) is 4. The highest BCUT2D eigenvalue weighted by Crippen LogP contribution is 2.23. The first-order chi connectivity index (χ1) is 12.5. The van der Waals surface area contributed by atoms with E-state index in [9.17, 15) is 4.79 Å². The van der Waals surface area contributed by atoms with Gasteiger partial charge in [0.05, 0.1) is 5.69 Å². The number of benzene rings is 1. The van der Waals surface area contributed by atoms with Crippen LogP contribution in [0.4, 0.5) is 5.69 Å². The van der Waals surface area contributed by atoms with E-state index in [1.807, 2.05) is 26.8 Å². The predicted octanol–water partition coefficient (Wildman–Crippen LogP) is 3.81. The summed E-state index contributed by atoms with van der Waals surface area (Å²) in [5.41, 5.74) is 2.64. The third kappa shape index (κ3) is 4.24. The first-order valence-electron chi connectivity index (χ1n) is 8.48. The molecule has 0 fully saturated rings. The van der Waals surface area contributed by atoms with Gasteiger partial charge in [-0.15, -0.1) is 0 Å². The van der Waals surface area contributed by atoms with Crippen LogP contribution in [0.3, 0.4) is 0 Å². The molecule has 1 aromatic carbocycles. The van der Waals surface area contributed by atoms with Crippen molar-refractivity contribution in [3.05, 3.63) is 54.1 Å². The van der Waals surface area contributed by atoms with E-state index >= 15 is 0 Å². The number of hydrogen-bond donors (Lipinski definition) is 1. The third-order valence-corrected chi connectivity index (χ3v) is 3.69. The molecule has 26 heavy (non-hydrogen) atoms. The molecule has 0 atom stereocenters. The van der Waals surface area contributed by atoms with Crippen molar-refractivity contribution < 1.29 is 9.53 Å². The Balaban J connectivity index is 1.72. The van der Waals surface area contributed by atoms with E-state index in [0.29, 0.717) is 23.9 Å². The number of rotatable bonds is 6. The molecule has 2 heterocycles. The van der Waals surface area contributed by atoms with Crippen molar-refractivity contribution >= 4 is 11.6 Å². The smallest absolute Gasteiger partial charge is 0.224 e. The van der Waals surface area contributed by atoms with Gasteiger partial charge in [0.15, 0.2) is 5.82 Å². The summed E-state index contributed by atoms with van der Waals surface area (Å²) >= 11 is 0. The van der Waals surface area contributed by atoms with Crippen LogP contribution in [0.25, 0.3) is 5.82 Å². The number of aromatic nitrogens is 4. The number of carbonyl (C=O) groups is 1. The molecule has 0 aliphatic rings. The van der Waals surface area contributed by atoms with Gasteiger partial charge < -0.3 is 10.1 Å². The van der Waals surface area contributed by atoms with E-state index < -0.39 is 0 Å². The van der Waals surface area contributed by atoms with Crippen LogP contribution in [-0.4, -0.2) is 25.7 Å². The highest BCUT2D eigenvalue weighted by Gasteiger charge is 2.08. The number of ether oxygens (including phenoxy) is 1. The van der Waals surface area contributed by atoms with E-state index in [1.54, 1.807) is 35.0 Å². The molecule has 3 rings (SSSR count). The van der Waals surface area contributed by atoms with Crippen molar-refractivity contribution in [2.24, 2.45) is 0 Å². The van der Waals surface area contributed by atoms with Crippen LogP contribution in [0.1, 0.15) is 31.2 Å². The van der Waals surface area contributed by atoms with E-state index in [1.165, 1.54) is 6.33 Å². The van der Waals surface area contributed by atoms with Crippen molar-refractivity contribution in [2.45, 2.75) is 33.6 Å². The predicted molar refractivity (Wildman–Crippen MR) is 98.7 cm³/mol. The number of aryl methyl sites for hydroxylation is 2. The third-order valence-electron chi connectivity index (χ3n) is 3.69. The minimum absolute atomic E-state index is 0.00602. The summed E-state index contributed by atoms with van der Waals surface area (Å²) in [7, 11) is 0. The van der Waals surface area contributed by atoms with Gasteiger partial charge in [-0.1, -0.05) is 6.92 Å². The largest absolute Gasteiger partial charge is 0.439 e. The van der Waals surface area contributed by atoms with Crippen molar-refractivity contribution in [3.63, 3.8) is 0 Å². The van der Waals surface area contributed by atoms with E-state index in [-0.39, 0.29) is 5.91 Å². The van der Waals surface area contributed by atoms with Gasteiger partial charge in [0.2, 0.25) is 11.8 Å². The second-order valence-electron chi connectivity index (χ2n) is 5.98. The molecular formula is C19H21N5O2. The highest BCUT2D eigenvalue weighted by atomic mass is 16.5. The van der Waals surface area contributed by atoms with Crippen molar-refractivity contribution in [1.29, 1.82) is 0 Å². The van der Waals surface area contributed by atoms with Crippen LogP contribution in [0.15, 0.2) is 42.7 Å². The van der Waals surface area contributed by atoms with Crippen molar-refractivity contribution in [1.82, 2.24) is 19.7 Å². The molecule has 0 spiro atoms. The molecule has 0 bridgehead atoms. The van der Waals surface area contributed by atoms with Gasteiger partial charge in [0, 0.05) is 23.9 Å². The fraction of sp³-hybridized carbons (Fsp3) is 0.263. The van der Waals surface area contributed by atoms with Crippen LogP contribution in [0.5, 0.6) is 11.6 Å². The molecule has 0 saturated heterocycles. The molecule has 0 aliphatic carbocycles. The van der Waals surface area contributed by atoms with Gasteiger partial charge in [-0.05, 0) is 50.6 Å². The second-order valence-corrected chi connectivity index (χ2v) is 5.98. The monoisotopic (exact) mass is 351 g/mol. The zero-order valence-corrected chi connectivity index (χ0v) is 15.1. The lowest BCUT2D eigenvalue weighted by Crippen LogP contribution is -2.10. The molecule has 3 aromatic rings. The maximum atomic E-state index is 11.6. The molecule has 7 nitrogen and oxygen atoms in total. The van der Waals surface area contributed by atoms with Gasteiger partial charge in [-0.3, -0.25) is 4.79 Å². The molecule has 0 radical (unpaired) electrons. The molecular weight excluding hydrogens is 330 g/mol. The van der Waals surface area contributed by atoms with Crippen LogP contribution in [0.2, 0.25) is 0 Å². The zero-order valence-electron chi connectivity index (χ0n) is 15.1. The van der Waals surface area contributed by atoms with Gasteiger partial charge in [0.1, 0.15) is 12.1 Å². The van der Waals surface area contributed by atoms with Crippen LogP contribution in [-0.2, 0) is 4.79 Å². The minimum Gasteiger partial charge on any atom is -0.439 e. The number of anilines is 1. The molecule has 7 heteroatoms. The van der Waals surface area contributed by atoms with Crippen molar-refractivity contribution in [2.75, 3.05) is 5.32 Å². The lowest BCUT2D eigenvalue weighted by Gasteiger charge is -2.08. The summed E-state index contributed by atoms with van der Waals surface area (Å²) in [4.78, 5) is 20.0. The molecule has 1 N–H and O–H groups in total. The SMILES string of the molecule is CCCC(=O)Nc1ccc(Oc2cc(-n3nc(C)cc3C)ncn2)cc1. The number of hydrogen-bond acceptors (Lipinski definition) is 5. The summed E-state index contributed by atoms with van der Waals surface area (Å²) in [5.74, 6) is 1.69. The summed E-state index contributed by atoms with van der Waals surface area (Å²) in [6, 6.07) is 10.9. The summed E-state index contributed by atoms with van der Waals surface area (Å²) in [6.07, 6.45) is 2.77. The Bertz CT molecular complexity index is 903. The Morgan fingerprint density at radius 2 is 1.92 bits per heavy atom. The zero-order chi connectivity index (χ0) is 18.5. The van der Waals surface area contributed by atoms with Crippen LogP contribution in [0, 0.1) is 13.8 Å². The van der Waals surface area contributed by atoms with Gasteiger partial charge in [0.25, 0.3) is 0 Å². The number of carbonyl (C=O) groups excluding carboxylic acids is 1. The quantitative estimate of drug-likeness (QED) is 0.730. The summed E-state index contributed by atoms with van der Waals surface area (Å²) in [6.45, 7) is 5.87. The van der Waals surface area contributed by atoms with Crippen LogP contribution < -0.4 is 10.1 Å². The second kappa shape index (κ2) is 7.77. The molecule has 0 aliphatic heterocycles. The number of amides is 1. The average Bonchev–Trinajstić information content (AvgIpc) is 2.95. The van der Waals surface area contributed by atoms with Gasteiger partial charge in [-0.2, -0.15) is 5.10 Å². The minimum atomic E-state index is 0.00602. The van der Waals surface area contributed by atoms with E-state index in [0.717, 1.165) is 23.5 Å². The average molecular weight is 351 g/mol.